The van der Waals surface area contributed by atoms with Gasteiger partial charge in [-0.2, -0.15) is 0 Å². The van der Waals surface area contributed by atoms with Crippen LogP contribution in [0.5, 0.6) is 0 Å². The van der Waals surface area contributed by atoms with Gasteiger partial charge in [-0.15, -0.1) is 11.3 Å². The summed E-state index contributed by atoms with van der Waals surface area (Å²) in [5.41, 5.74) is 0.810. The van der Waals surface area contributed by atoms with Crippen LogP contribution < -0.4 is 0 Å². The summed E-state index contributed by atoms with van der Waals surface area (Å²) in [6.07, 6.45) is 2.23. The average molecular weight is 487 g/mol. The van der Waals surface area contributed by atoms with Crippen molar-refractivity contribution >= 4 is 45.0 Å². The largest absolute Gasteiger partial charge is 0.467 e. The number of hydrogen-bond donors (Lipinski definition) is 0. The molecule has 8 heteroatoms. The lowest BCUT2D eigenvalue weighted by Crippen LogP contribution is -2.33. The van der Waals surface area contributed by atoms with Crippen molar-refractivity contribution in [2.45, 2.75) is 25.9 Å². The predicted molar refractivity (Wildman–Crippen MR) is 116 cm³/mol. The third-order valence-corrected chi connectivity index (χ3v) is 6.27. The fraction of sp³-hybridized carbons (Fsp3) is 0.227. The molecule has 154 valence electrons. The maximum atomic E-state index is 12.9. The Morgan fingerprint density at radius 3 is 2.63 bits per heavy atom. The number of benzene rings is 1. The summed E-state index contributed by atoms with van der Waals surface area (Å²) in [6, 6.07) is 12.6. The Kier molecular flexibility index (Phi) is 6.15. The monoisotopic (exact) mass is 486 g/mol. The highest BCUT2D eigenvalue weighted by Crippen LogP contribution is 2.26. The van der Waals surface area contributed by atoms with E-state index in [9.17, 15) is 14.4 Å². The molecule has 4 rings (SSSR count). The molecule has 1 aromatic carbocycles. The van der Waals surface area contributed by atoms with Gasteiger partial charge in [0.05, 0.1) is 30.5 Å². The molecule has 3 amide bonds. The van der Waals surface area contributed by atoms with E-state index in [1.807, 2.05) is 23.6 Å². The highest BCUT2D eigenvalue weighted by atomic mass is 79.9. The van der Waals surface area contributed by atoms with Gasteiger partial charge in [0.15, 0.2) is 0 Å². The molecule has 1 aliphatic heterocycles. The Morgan fingerprint density at radius 1 is 1.07 bits per heavy atom. The van der Waals surface area contributed by atoms with E-state index >= 15 is 0 Å². The lowest BCUT2D eigenvalue weighted by molar-refractivity contribution is -0.132. The molecule has 0 fully saturated rings. The summed E-state index contributed by atoms with van der Waals surface area (Å²) in [5, 5.41) is 1.98. The first-order chi connectivity index (χ1) is 14.5. The van der Waals surface area contributed by atoms with Crippen molar-refractivity contribution in [3.8, 4) is 0 Å². The number of carbonyl (C=O) groups excluding carboxylic acids is 3. The molecule has 30 heavy (non-hydrogen) atoms. The van der Waals surface area contributed by atoms with Gasteiger partial charge in [-0.1, -0.05) is 22.0 Å². The number of fused-ring (bicyclic) bond motifs is 1. The van der Waals surface area contributed by atoms with E-state index in [4.69, 9.17) is 4.42 Å². The zero-order valence-electron chi connectivity index (χ0n) is 16.0. The second-order valence-electron chi connectivity index (χ2n) is 6.96. The standard InChI is InChI=1S/C22H19BrN2O4S/c23-15-7-8-18-19(12-15)22(28)25(21(18)27)9-1-6-20(26)24(13-16-4-2-10-29-16)14-17-5-3-11-30-17/h2-5,7-8,10-12H,1,6,9,13-14H2. The topological polar surface area (TPSA) is 70.8 Å². The third-order valence-electron chi connectivity index (χ3n) is 4.91. The minimum absolute atomic E-state index is 0.0425. The summed E-state index contributed by atoms with van der Waals surface area (Å²) < 4.78 is 6.15. The molecule has 0 unspecified atom stereocenters. The second kappa shape index (κ2) is 8.97. The number of thiophene rings is 1. The number of halogens is 1. The molecule has 3 aromatic rings. The lowest BCUT2D eigenvalue weighted by Gasteiger charge is -2.22. The molecule has 0 radical (unpaired) electrons. The van der Waals surface area contributed by atoms with E-state index < -0.39 is 0 Å². The zero-order chi connectivity index (χ0) is 21.1. The van der Waals surface area contributed by atoms with Crippen LogP contribution in [-0.2, 0) is 17.9 Å². The van der Waals surface area contributed by atoms with E-state index in [0.29, 0.717) is 36.4 Å². The van der Waals surface area contributed by atoms with Crippen molar-refractivity contribution < 1.29 is 18.8 Å². The molecule has 6 nitrogen and oxygen atoms in total. The van der Waals surface area contributed by atoms with Gasteiger partial charge in [-0.25, -0.2) is 0 Å². The quantitative estimate of drug-likeness (QED) is 0.432. The van der Waals surface area contributed by atoms with Gasteiger partial charge in [-0.3, -0.25) is 19.3 Å². The van der Waals surface area contributed by atoms with Crippen molar-refractivity contribution in [3.05, 3.63) is 80.3 Å². The van der Waals surface area contributed by atoms with E-state index in [2.05, 4.69) is 15.9 Å². The van der Waals surface area contributed by atoms with Crippen molar-refractivity contribution in [3.63, 3.8) is 0 Å². The average Bonchev–Trinajstić information content (AvgIpc) is 3.47. The molecule has 2 aromatic heterocycles. The smallest absolute Gasteiger partial charge is 0.261 e. The first-order valence-corrected chi connectivity index (χ1v) is 11.2. The van der Waals surface area contributed by atoms with Crippen LogP contribution in [0.3, 0.4) is 0 Å². The first-order valence-electron chi connectivity index (χ1n) is 9.51. The van der Waals surface area contributed by atoms with Crippen LogP contribution in [0.25, 0.3) is 0 Å². The van der Waals surface area contributed by atoms with Crippen LogP contribution in [0.4, 0.5) is 0 Å². The van der Waals surface area contributed by atoms with Crippen LogP contribution >= 0.6 is 27.3 Å². The normalized spacial score (nSPS) is 13.0. The molecule has 0 bridgehead atoms. The number of imide groups is 1. The van der Waals surface area contributed by atoms with Gasteiger partial charge in [0.25, 0.3) is 11.8 Å². The Hall–Kier alpha value is -2.71. The lowest BCUT2D eigenvalue weighted by atomic mass is 10.1. The molecule has 0 spiro atoms. The first kappa shape index (κ1) is 20.6. The number of hydrogen-bond acceptors (Lipinski definition) is 5. The molecular formula is C22H19BrN2O4S. The minimum atomic E-state index is -0.310. The van der Waals surface area contributed by atoms with Gasteiger partial charge in [-0.05, 0) is 48.2 Å². The zero-order valence-corrected chi connectivity index (χ0v) is 18.4. The fourth-order valence-corrected chi connectivity index (χ4v) is 4.51. The van der Waals surface area contributed by atoms with E-state index in [1.165, 1.54) is 4.90 Å². The van der Waals surface area contributed by atoms with Gasteiger partial charge in [0, 0.05) is 22.3 Å². The Labute approximate surface area is 186 Å². The van der Waals surface area contributed by atoms with Gasteiger partial charge < -0.3 is 9.32 Å². The second-order valence-corrected chi connectivity index (χ2v) is 8.91. The maximum Gasteiger partial charge on any atom is 0.261 e. The molecular weight excluding hydrogens is 468 g/mol. The van der Waals surface area contributed by atoms with Crippen molar-refractivity contribution in [2.75, 3.05) is 6.54 Å². The summed E-state index contributed by atoms with van der Waals surface area (Å²) in [7, 11) is 0. The molecule has 1 aliphatic rings. The number of carbonyl (C=O) groups is 3. The van der Waals surface area contributed by atoms with Crippen LogP contribution in [0.2, 0.25) is 0 Å². The molecule has 0 atom stereocenters. The van der Waals surface area contributed by atoms with Gasteiger partial charge in [0.1, 0.15) is 5.76 Å². The van der Waals surface area contributed by atoms with E-state index in [1.54, 1.807) is 46.8 Å². The van der Waals surface area contributed by atoms with Crippen LogP contribution in [-0.4, -0.2) is 34.1 Å². The van der Waals surface area contributed by atoms with Crippen LogP contribution in [0.1, 0.15) is 44.2 Å². The summed E-state index contributed by atoms with van der Waals surface area (Å²) in [6.45, 7) is 1.09. The van der Waals surface area contributed by atoms with Crippen molar-refractivity contribution in [1.82, 2.24) is 9.80 Å². The van der Waals surface area contributed by atoms with E-state index in [0.717, 1.165) is 9.35 Å². The molecule has 0 saturated carbocycles. The molecule has 0 N–H and O–H groups in total. The fourth-order valence-electron chi connectivity index (χ4n) is 3.43. The summed E-state index contributed by atoms with van der Waals surface area (Å²) >= 11 is 4.92. The minimum Gasteiger partial charge on any atom is -0.467 e. The van der Waals surface area contributed by atoms with Crippen molar-refractivity contribution in [1.29, 1.82) is 0 Å². The van der Waals surface area contributed by atoms with Crippen LogP contribution in [0.15, 0.2) is 63.0 Å². The Morgan fingerprint density at radius 2 is 1.90 bits per heavy atom. The molecule has 0 saturated heterocycles. The number of amides is 3. The molecule has 3 heterocycles. The van der Waals surface area contributed by atoms with Gasteiger partial charge in [0.2, 0.25) is 5.91 Å². The summed E-state index contributed by atoms with van der Waals surface area (Å²) in [4.78, 5) is 42.0. The maximum absolute atomic E-state index is 12.9. The SMILES string of the molecule is O=C(CCCN1C(=O)c2ccc(Br)cc2C1=O)N(Cc1ccco1)Cc1cccs1. The predicted octanol–water partition coefficient (Wildman–Crippen LogP) is 4.71. The Balaban J connectivity index is 1.37. The number of nitrogens with zero attached hydrogens (tertiary/aromatic N) is 2. The number of rotatable bonds is 8. The highest BCUT2D eigenvalue weighted by Gasteiger charge is 2.35. The third kappa shape index (κ3) is 4.39. The molecule has 0 aliphatic carbocycles. The summed E-state index contributed by atoms with van der Waals surface area (Å²) in [5.74, 6) is 0.0562. The van der Waals surface area contributed by atoms with E-state index in [-0.39, 0.29) is 30.7 Å². The highest BCUT2D eigenvalue weighted by molar-refractivity contribution is 9.10. The van der Waals surface area contributed by atoms with Gasteiger partial charge >= 0.3 is 0 Å². The number of furan rings is 1. The van der Waals surface area contributed by atoms with Crippen LogP contribution in [0, 0.1) is 0 Å². The van der Waals surface area contributed by atoms with Crippen molar-refractivity contribution in [2.24, 2.45) is 0 Å². The Bertz CT molecular complexity index is 1030.